The molecule has 1 N–H and O–H groups in total. The van der Waals surface area contributed by atoms with Gasteiger partial charge in [-0.3, -0.25) is 4.79 Å². The predicted molar refractivity (Wildman–Crippen MR) is 111 cm³/mol. The van der Waals surface area contributed by atoms with Crippen LogP contribution in [0.5, 0.6) is 6.01 Å². The second-order valence-electron chi connectivity index (χ2n) is 7.21. The molecule has 0 aliphatic heterocycles. The first-order chi connectivity index (χ1) is 13.2. The van der Waals surface area contributed by atoms with E-state index in [1.807, 2.05) is 51.1 Å². The molecule has 8 heteroatoms. The van der Waals surface area contributed by atoms with Crippen molar-refractivity contribution in [2.45, 2.75) is 20.8 Å². The van der Waals surface area contributed by atoms with E-state index < -0.39 is 5.41 Å². The van der Waals surface area contributed by atoms with Crippen molar-refractivity contribution in [3.8, 4) is 23.1 Å². The topological polar surface area (TPSA) is 69.0 Å². The average molecular weight is 419 g/mol. The lowest BCUT2D eigenvalue weighted by Crippen LogP contribution is -2.27. The molecule has 0 saturated carbocycles. The lowest BCUT2D eigenvalue weighted by molar-refractivity contribution is -0.123. The zero-order valence-corrected chi connectivity index (χ0v) is 17.5. The second-order valence-corrected chi connectivity index (χ2v) is 8.03. The Hall–Kier alpha value is -2.57. The Bertz CT molecular complexity index is 1010. The quantitative estimate of drug-likeness (QED) is 0.629. The van der Waals surface area contributed by atoms with Gasteiger partial charge in [-0.05, 0) is 42.5 Å². The number of methoxy groups -OCH3 is 1. The van der Waals surface area contributed by atoms with E-state index >= 15 is 0 Å². The fourth-order valence-corrected chi connectivity index (χ4v) is 2.68. The van der Waals surface area contributed by atoms with Crippen LogP contribution in [0.3, 0.4) is 0 Å². The number of amides is 1. The number of carbonyl (C=O) groups is 1. The Kier molecular flexibility index (Phi) is 5.63. The number of aromatic nitrogens is 3. The van der Waals surface area contributed by atoms with Crippen LogP contribution in [0.4, 0.5) is 5.69 Å². The van der Waals surface area contributed by atoms with Gasteiger partial charge in [0.05, 0.1) is 22.8 Å². The molecule has 1 amide bonds. The van der Waals surface area contributed by atoms with Gasteiger partial charge in [0, 0.05) is 16.7 Å². The normalized spacial score (nSPS) is 11.4. The number of halogens is 2. The van der Waals surface area contributed by atoms with Gasteiger partial charge in [-0.1, -0.05) is 44.0 Å². The molecular formula is C20H20Cl2N4O2. The Balaban J connectivity index is 1.96. The molecular weight excluding hydrogens is 399 g/mol. The van der Waals surface area contributed by atoms with Gasteiger partial charge in [-0.25, -0.2) is 4.68 Å². The van der Waals surface area contributed by atoms with Crippen molar-refractivity contribution in [2.75, 3.05) is 12.4 Å². The van der Waals surface area contributed by atoms with Gasteiger partial charge >= 0.3 is 6.01 Å². The highest BCUT2D eigenvalue weighted by molar-refractivity contribution is 6.42. The molecule has 0 saturated heterocycles. The molecule has 6 nitrogen and oxygen atoms in total. The van der Waals surface area contributed by atoms with Crippen LogP contribution < -0.4 is 10.1 Å². The summed E-state index contributed by atoms with van der Waals surface area (Å²) in [5.74, 6) is 0.501. The Morgan fingerprint density at radius 3 is 2.32 bits per heavy atom. The van der Waals surface area contributed by atoms with E-state index in [0.717, 1.165) is 11.3 Å². The number of hydrogen-bond acceptors (Lipinski definition) is 4. The van der Waals surface area contributed by atoms with E-state index in [1.165, 1.54) is 7.11 Å². The van der Waals surface area contributed by atoms with Crippen LogP contribution in [0, 0.1) is 5.41 Å². The molecule has 3 aromatic rings. The predicted octanol–water partition coefficient (Wildman–Crippen LogP) is 5.23. The first-order valence-electron chi connectivity index (χ1n) is 8.57. The van der Waals surface area contributed by atoms with Crippen LogP contribution in [0.2, 0.25) is 10.0 Å². The molecule has 3 rings (SSSR count). The van der Waals surface area contributed by atoms with Crippen molar-refractivity contribution in [1.29, 1.82) is 0 Å². The largest absolute Gasteiger partial charge is 0.466 e. The molecule has 0 aliphatic carbocycles. The monoisotopic (exact) mass is 418 g/mol. The molecule has 0 radical (unpaired) electrons. The number of ether oxygens (including phenoxy) is 1. The molecule has 2 aromatic carbocycles. The average Bonchev–Trinajstić information content (AvgIpc) is 3.08. The third kappa shape index (κ3) is 4.29. The summed E-state index contributed by atoms with van der Waals surface area (Å²) in [4.78, 5) is 16.6. The van der Waals surface area contributed by atoms with Crippen molar-refractivity contribution in [3.63, 3.8) is 0 Å². The maximum absolute atomic E-state index is 12.2. The summed E-state index contributed by atoms with van der Waals surface area (Å²) in [6.45, 7) is 5.59. The van der Waals surface area contributed by atoms with Gasteiger partial charge in [-0.2, -0.15) is 4.98 Å². The number of benzene rings is 2. The van der Waals surface area contributed by atoms with E-state index in [1.54, 1.807) is 16.8 Å². The van der Waals surface area contributed by atoms with E-state index in [-0.39, 0.29) is 11.9 Å². The smallest absolute Gasteiger partial charge is 0.336 e. The van der Waals surface area contributed by atoms with Gasteiger partial charge in [0.15, 0.2) is 5.82 Å². The standard InChI is InChI=1S/C20H20Cl2N4O2/c1-20(2,3)18(27)23-13-6-8-14(9-7-13)26-17(24-19(25-26)28-4)12-5-10-15(21)16(22)11-12/h5-11H,1-4H3,(H,23,27). The van der Waals surface area contributed by atoms with Crippen LogP contribution in [0.25, 0.3) is 17.1 Å². The third-order valence-electron chi connectivity index (χ3n) is 4.00. The molecule has 0 atom stereocenters. The highest BCUT2D eigenvalue weighted by Crippen LogP contribution is 2.30. The van der Waals surface area contributed by atoms with Crippen molar-refractivity contribution in [3.05, 3.63) is 52.5 Å². The minimum Gasteiger partial charge on any atom is -0.466 e. The summed E-state index contributed by atoms with van der Waals surface area (Å²) in [6.07, 6.45) is 0. The summed E-state index contributed by atoms with van der Waals surface area (Å²) in [6, 6.07) is 12.8. The van der Waals surface area contributed by atoms with E-state index in [9.17, 15) is 4.79 Å². The van der Waals surface area contributed by atoms with Crippen molar-refractivity contribution < 1.29 is 9.53 Å². The molecule has 0 aliphatic rings. The van der Waals surface area contributed by atoms with Gasteiger partial charge < -0.3 is 10.1 Å². The maximum Gasteiger partial charge on any atom is 0.336 e. The lowest BCUT2D eigenvalue weighted by atomic mass is 9.95. The number of rotatable bonds is 4. The Morgan fingerprint density at radius 2 is 1.75 bits per heavy atom. The van der Waals surface area contributed by atoms with Crippen molar-refractivity contribution in [1.82, 2.24) is 14.8 Å². The summed E-state index contributed by atoms with van der Waals surface area (Å²) in [5.41, 5.74) is 1.73. The first kappa shape index (κ1) is 20.2. The van der Waals surface area contributed by atoms with Gasteiger partial charge in [0.2, 0.25) is 5.91 Å². The van der Waals surface area contributed by atoms with E-state index in [2.05, 4.69) is 15.4 Å². The van der Waals surface area contributed by atoms with Gasteiger partial charge in [0.1, 0.15) is 0 Å². The van der Waals surface area contributed by atoms with Crippen LogP contribution in [0.1, 0.15) is 20.8 Å². The molecule has 0 fully saturated rings. The SMILES string of the molecule is COc1nc(-c2ccc(Cl)c(Cl)c2)n(-c2ccc(NC(=O)C(C)(C)C)cc2)n1. The van der Waals surface area contributed by atoms with Crippen LogP contribution in [0.15, 0.2) is 42.5 Å². The van der Waals surface area contributed by atoms with Crippen LogP contribution >= 0.6 is 23.2 Å². The highest BCUT2D eigenvalue weighted by atomic mass is 35.5. The molecule has 0 unspecified atom stereocenters. The summed E-state index contributed by atoms with van der Waals surface area (Å²) in [5, 5.41) is 8.16. The number of nitrogens with one attached hydrogen (secondary N) is 1. The van der Waals surface area contributed by atoms with Crippen LogP contribution in [-0.4, -0.2) is 27.8 Å². The van der Waals surface area contributed by atoms with Gasteiger partial charge in [0.25, 0.3) is 0 Å². The summed E-state index contributed by atoms with van der Waals surface area (Å²) >= 11 is 12.2. The van der Waals surface area contributed by atoms with E-state index in [4.69, 9.17) is 27.9 Å². The molecule has 1 aromatic heterocycles. The van der Waals surface area contributed by atoms with Crippen LogP contribution in [-0.2, 0) is 4.79 Å². The molecule has 1 heterocycles. The second kappa shape index (κ2) is 7.81. The van der Waals surface area contributed by atoms with E-state index in [0.29, 0.717) is 21.6 Å². The fraction of sp³-hybridized carbons (Fsp3) is 0.250. The summed E-state index contributed by atoms with van der Waals surface area (Å²) < 4.78 is 6.83. The number of carbonyl (C=O) groups excluding carboxylic acids is 1. The molecule has 146 valence electrons. The number of nitrogens with zero attached hydrogens (tertiary/aromatic N) is 3. The van der Waals surface area contributed by atoms with Crippen molar-refractivity contribution >= 4 is 34.8 Å². The minimum atomic E-state index is -0.473. The zero-order valence-electron chi connectivity index (χ0n) is 16.0. The zero-order chi connectivity index (χ0) is 20.5. The third-order valence-corrected chi connectivity index (χ3v) is 4.74. The number of anilines is 1. The summed E-state index contributed by atoms with van der Waals surface area (Å²) in [7, 11) is 1.50. The fourth-order valence-electron chi connectivity index (χ4n) is 2.39. The first-order valence-corrected chi connectivity index (χ1v) is 9.33. The number of hydrogen-bond donors (Lipinski definition) is 1. The molecule has 0 bridgehead atoms. The minimum absolute atomic E-state index is 0.0563. The molecule has 0 spiro atoms. The highest BCUT2D eigenvalue weighted by Gasteiger charge is 2.21. The Labute approximate surface area is 173 Å². The Morgan fingerprint density at radius 1 is 1.07 bits per heavy atom. The maximum atomic E-state index is 12.2. The lowest BCUT2D eigenvalue weighted by Gasteiger charge is -2.17. The van der Waals surface area contributed by atoms with Crippen molar-refractivity contribution in [2.24, 2.45) is 5.41 Å². The molecule has 28 heavy (non-hydrogen) atoms. The van der Waals surface area contributed by atoms with Gasteiger partial charge in [-0.15, -0.1) is 5.10 Å².